The molecule has 1 heterocycles. The van der Waals surface area contributed by atoms with Gasteiger partial charge in [-0.1, -0.05) is 30.4 Å². The third kappa shape index (κ3) is 5.83. The lowest BCUT2D eigenvalue weighted by Crippen LogP contribution is -2.53. The molecule has 35 heavy (non-hydrogen) atoms. The number of nitrogens with zero attached hydrogens (tertiary/aromatic N) is 2. The van der Waals surface area contributed by atoms with Gasteiger partial charge in [-0.3, -0.25) is 19.8 Å². The Morgan fingerprint density at radius 2 is 1.91 bits per heavy atom. The Morgan fingerprint density at radius 1 is 1.14 bits per heavy atom. The molecule has 2 aromatic rings. The molecule has 1 aliphatic rings. The SMILES string of the molecule is C=CCc1cc(/C=C2\C(=O)NC(=S)N(CC=C)C2=O)cc(OCC)c1OCc1ccccc1C#N. The van der Waals surface area contributed by atoms with Crippen molar-refractivity contribution >= 4 is 35.2 Å². The average molecular weight is 488 g/mol. The summed E-state index contributed by atoms with van der Waals surface area (Å²) in [5, 5.41) is 12.0. The fourth-order valence-electron chi connectivity index (χ4n) is 3.56. The van der Waals surface area contributed by atoms with Gasteiger partial charge in [0.2, 0.25) is 0 Å². The minimum atomic E-state index is -0.572. The van der Waals surface area contributed by atoms with Crippen LogP contribution in [-0.4, -0.2) is 35.0 Å². The van der Waals surface area contributed by atoms with E-state index >= 15 is 0 Å². The van der Waals surface area contributed by atoms with Gasteiger partial charge in [-0.25, -0.2) is 0 Å². The molecule has 2 aromatic carbocycles. The van der Waals surface area contributed by atoms with Crippen LogP contribution in [0.15, 0.2) is 67.3 Å². The molecule has 0 radical (unpaired) electrons. The van der Waals surface area contributed by atoms with Gasteiger partial charge in [0.05, 0.1) is 18.2 Å². The molecular formula is C27H25N3O4S. The molecule has 2 amide bonds. The molecule has 178 valence electrons. The molecule has 0 atom stereocenters. The summed E-state index contributed by atoms with van der Waals surface area (Å²) in [7, 11) is 0. The standard InChI is InChI=1S/C27H25N3O4S/c1-4-9-19-13-18(14-22-25(31)29-27(35)30(12-5-2)26(22)32)15-23(33-6-3)24(19)34-17-21-11-8-7-10-20(21)16-28/h4-5,7-8,10-11,13-15H,1-2,6,9,12,17H2,3H3,(H,29,31,35)/b22-14+. The van der Waals surface area contributed by atoms with E-state index in [4.69, 9.17) is 21.7 Å². The Morgan fingerprint density at radius 3 is 2.60 bits per heavy atom. The largest absolute Gasteiger partial charge is 0.490 e. The van der Waals surface area contributed by atoms with Crippen LogP contribution in [0.4, 0.5) is 0 Å². The number of nitriles is 1. The van der Waals surface area contributed by atoms with Crippen molar-refractivity contribution in [2.75, 3.05) is 13.2 Å². The molecule has 7 nitrogen and oxygen atoms in total. The summed E-state index contributed by atoms with van der Waals surface area (Å²) in [5.41, 5.74) is 2.57. The topological polar surface area (TPSA) is 91.7 Å². The van der Waals surface area contributed by atoms with E-state index in [0.29, 0.717) is 35.7 Å². The van der Waals surface area contributed by atoms with Crippen LogP contribution in [0.2, 0.25) is 0 Å². The highest BCUT2D eigenvalue weighted by Crippen LogP contribution is 2.35. The fourth-order valence-corrected chi connectivity index (χ4v) is 3.81. The van der Waals surface area contributed by atoms with Crippen molar-refractivity contribution in [2.45, 2.75) is 20.0 Å². The van der Waals surface area contributed by atoms with Crippen molar-refractivity contribution in [1.29, 1.82) is 5.26 Å². The van der Waals surface area contributed by atoms with E-state index in [2.05, 4.69) is 24.5 Å². The number of nitrogens with one attached hydrogen (secondary N) is 1. The molecular weight excluding hydrogens is 462 g/mol. The van der Waals surface area contributed by atoms with E-state index in [1.807, 2.05) is 25.1 Å². The Hall–Kier alpha value is -4.22. The first kappa shape index (κ1) is 25.4. The van der Waals surface area contributed by atoms with Crippen LogP contribution in [0, 0.1) is 11.3 Å². The lowest BCUT2D eigenvalue weighted by atomic mass is 10.0. The van der Waals surface area contributed by atoms with E-state index in [-0.39, 0.29) is 23.8 Å². The summed E-state index contributed by atoms with van der Waals surface area (Å²) in [5.74, 6) is -0.113. The molecule has 3 rings (SSSR count). The van der Waals surface area contributed by atoms with Crippen molar-refractivity contribution in [2.24, 2.45) is 0 Å². The molecule has 0 aromatic heterocycles. The van der Waals surface area contributed by atoms with Gasteiger partial charge in [0.15, 0.2) is 16.6 Å². The number of benzene rings is 2. The lowest BCUT2D eigenvalue weighted by molar-refractivity contribution is -0.128. The van der Waals surface area contributed by atoms with Crippen LogP contribution in [0.25, 0.3) is 6.08 Å². The van der Waals surface area contributed by atoms with Crippen molar-refractivity contribution < 1.29 is 19.1 Å². The number of ether oxygens (including phenoxy) is 2. The van der Waals surface area contributed by atoms with Crippen LogP contribution in [0.3, 0.4) is 0 Å². The first-order chi connectivity index (χ1) is 16.9. The van der Waals surface area contributed by atoms with Gasteiger partial charge >= 0.3 is 0 Å². The van der Waals surface area contributed by atoms with Gasteiger partial charge in [0, 0.05) is 17.7 Å². The summed E-state index contributed by atoms with van der Waals surface area (Å²) in [4.78, 5) is 26.7. The molecule has 0 spiro atoms. The van der Waals surface area contributed by atoms with E-state index in [1.165, 1.54) is 17.1 Å². The molecule has 0 bridgehead atoms. The van der Waals surface area contributed by atoms with E-state index in [0.717, 1.165) is 11.1 Å². The Labute approximate surface area is 209 Å². The number of hydrogen-bond acceptors (Lipinski definition) is 6. The van der Waals surface area contributed by atoms with E-state index in [9.17, 15) is 14.9 Å². The first-order valence-corrected chi connectivity index (χ1v) is 11.3. The predicted octanol–water partition coefficient (Wildman–Crippen LogP) is 4.08. The highest BCUT2D eigenvalue weighted by molar-refractivity contribution is 7.80. The summed E-state index contributed by atoms with van der Waals surface area (Å²) >= 11 is 5.11. The summed E-state index contributed by atoms with van der Waals surface area (Å²) in [6.45, 7) is 10.0. The number of allylic oxidation sites excluding steroid dienone is 1. The molecule has 1 N–H and O–H groups in total. The normalized spacial score (nSPS) is 14.3. The quantitative estimate of drug-likeness (QED) is 0.235. The van der Waals surface area contributed by atoms with Crippen LogP contribution < -0.4 is 14.8 Å². The minimum absolute atomic E-state index is 0.0424. The second kappa shape index (κ2) is 11.8. The number of rotatable bonds is 10. The van der Waals surface area contributed by atoms with Crippen LogP contribution in [0.5, 0.6) is 11.5 Å². The smallest absolute Gasteiger partial charge is 0.265 e. The molecule has 0 saturated carbocycles. The van der Waals surface area contributed by atoms with Crippen LogP contribution in [0.1, 0.15) is 29.2 Å². The van der Waals surface area contributed by atoms with E-state index < -0.39 is 11.8 Å². The minimum Gasteiger partial charge on any atom is -0.490 e. The Bertz CT molecular complexity index is 1260. The molecule has 1 fully saturated rings. The maximum atomic E-state index is 12.9. The lowest BCUT2D eigenvalue weighted by Gasteiger charge is -2.27. The van der Waals surface area contributed by atoms with Crippen molar-refractivity contribution in [3.8, 4) is 17.6 Å². The number of thiocarbonyl (C=S) groups is 1. The van der Waals surface area contributed by atoms with Gasteiger partial charge < -0.3 is 9.47 Å². The third-order valence-electron chi connectivity index (χ3n) is 5.14. The van der Waals surface area contributed by atoms with Gasteiger partial charge in [-0.2, -0.15) is 5.26 Å². The van der Waals surface area contributed by atoms with E-state index in [1.54, 1.807) is 24.3 Å². The molecule has 1 aliphatic heterocycles. The maximum Gasteiger partial charge on any atom is 0.265 e. The van der Waals surface area contributed by atoms with Gasteiger partial charge in [0.25, 0.3) is 11.8 Å². The number of carbonyl (C=O) groups is 2. The van der Waals surface area contributed by atoms with Gasteiger partial charge in [-0.05, 0) is 55.4 Å². The van der Waals surface area contributed by atoms with Crippen LogP contribution in [-0.2, 0) is 22.6 Å². The molecule has 0 unspecified atom stereocenters. The van der Waals surface area contributed by atoms with Crippen molar-refractivity contribution in [1.82, 2.24) is 10.2 Å². The number of amides is 2. The van der Waals surface area contributed by atoms with Crippen LogP contribution >= 0.6 is 12.2 Å². The number of hydrogen-bond donors (Lipinski definition) is 1. The monoisotopic (exact) mass is 487 g/mol. The maximum absolute atomic E-state index is 12.9. The molecule has 8 heteroatoms. The zero-order chi connectivity index (χ0) is 25.4. The van der Waals surface area contributed by atoms with Crippen molar-refractivity contribution in [3.63, 3.8) is 0 Å². The average Bonchev–Trinajstić information content (AvgIpc) is 2.84. The summed E-state index contributed by atoms with van der Waals surface area (Å²) < 4.78 is 12.0. The highest BCUT2D eigenvalue weighted by Gasteiger charge is 2.32. The Kier molecular flexibility index (Phi) is 8.54. The fraction of sp³-hybridized carbons (Fsp3) is 0.185. The zero-order valence-electron chi connectivity index (χ0n) is 19.4. The van der Waals surface area contributed by atoms with Gasteiger partial charge in [0.1, 0.15) is 12.2 Å². The second-order valence-electron chi connectivity index (χ2n) is 7.51. The second-order valence-corrected chi connectivity index (χ2v) is 7.90. The third-order valence-corrected chi connectivity index (χ3v) is 5.46. The Balaban J connectivity index is 2.02. The molecule has 0 aliphatic carbocycles. The first-order valence-electron chi connectivity index (χ1n) is 10.9. The van der Waals surface area contributed by atoms with Crippen molar-refractivity contribution in [3.05, 3.63) is 89.5 Å². The number of carbonyl (C=O) groups excluding carboxylic acids is 2. The molecule has 1 saturated heterocycles. The summed E-state index contributed by atoms with van der Waals surface area (Å²) in [6.07, 6.45) is 5.21. The highest BCUT2D eigenvalue weighted by atomic mass is 32.1. The predicted molar refractivity (Wildman–Crippen MR) is 138 cm³/mol. The zero-order valence-corrected chi connectivity index (χ0v) is 20.2. The summed E-state index contributed by atoms with van der Waals surface area (Å²) in [6, 6.07) is 12.9. The van der Waals surface area contributed by atoms with Gasteiger partial charge in [-0.15, -0.1) is 13.2 Å².